The number of hydrogen-bond donors (Lipinski definition) is 1. The van der Waals surface area contributed by atoms with Gasteiger partial charge in [0.25, 0.3) is 0 Å². The van der Waals surface area contributed by atoms with Crippen molar-refractivity contribution < 1.29 is 9.18 Å². The van der Waals surface area contributed by atoms with Crippen molar-refractivity contribution in [1.29, 1.82) is 0 Å². The molecule has 1 aromatic rings. The van der Waals surface area contributed by atoms with E-state index in [9.17, 15) is 9.18 Å². The molecule has 0 heterocycles. The summed E-state index contributed by atoms with van der Waals surface area (Å²) in [4.78, 5) is 12.2. The second-order valence-corrected chi connectivity index (χ2v) is 5.43. The second kappa shape index (κ2) is 4.88. The fourth-order valence-corrected chi connectivity index (χ4v) is 2.24. The smallest absolute Gasteiger partial charge is 0.230 e. The lowest BCUT2D eigenvalue weighted by atomic mass is 9.94. The Labute approximate surface area is 112 Å². The molecule has 1 aromatic carbocycles. The number of hydrogen-bond acceptors (Lipinski definition) is 1. The highest BCUT2D eigenvalue weighted by Gasteiger charge is 2.52. The first-order chi connectivity index (χ1) is 8.49. The maximum atomic E-state index is 13.9. The topological polar surface area (TPSA) is 29.1 Å². The van der Waals surface area contributed by atoms with E-state index >= 15 is 0 Å². The van der Waals surface area contributed by atoms with E-state index in [-0.39, 0.29) is 17.8 Å². The average molecular weight is 270 g/mol. The van der Waals surface area contributed by atoms with Gasteiger partial charge >= 0.3 is 0 Å². The first kappa shape index (κ1) is 13.3. The molecule has 2 rings (SSSR count). The van der Waals surface area contributed by atoms with E-state index in [0.717, 1.165) is 6.42 Å². The molecule has 1 fully saturated rings. The summed E-state index contributed by atoms with van der Waals surface area (Å²) in [6.45, 7) is 3.96. The summed E-state index contributed by atoms with van der Waals surface area (Å²) in [6, 6.07) is 4.65. The van der Waals surface area contributed by atoms with Gasteiger partial charge in [0, 0.05) is 16.6 Å². The largest absolute Gasteiger partial charge is 0.353 e. The van der Waals surface area contributed by atoms with Crippen LogP contribution in [0.4, 0.5) is 4.39 Å². The molecule has 0 bridgehead atoms. The van der Waals surface area contributed by atoms with Crippen molar-refractivity contribution in [3.8, 4) is 0 Å². The number of benzene rings is 1. The molecule has 0 spiro atoms. The highest BCUT2D eigenvalue weighted by Crippen LogP contribution is 2.49. The molecular weight excluding hydrogens is 253 g/mol. The zero-order valence-electron chi connectivity index (χ0n) is 10.6. The van der Waals surface area contributed by atoms with E-state index in [2.05, 4.69) is 5.32 Å². The van der Waals surface area contributed by atoms with Crippen LogP contribution in [0.25, 0.3) is 0 Å². The van der Waals surface area contributed by atoms with Gasteiger partial charge < -0.3 is 5.32 Å². The van der Waals surface area contributed by atoms with E-state index in [1.807, 2.05) is 13.8 Å². The number of halogens is 2. The predicted octanol–water partition coefficient (Wildman–Crippen LogP) is 3.43. The number of nitrogens with one attached hydrogen (secondary N) is 1. The van der Waals surface area contributed by atoms with Gasteiger partial charge in [0.15, 0.2) is 0 Å². The summed E-state index contributed by atoms with van der Waals surface area (Å²) in [5.41, 5.74) is -0.203. The molecule has 1 unspecified atom stereocenters. The lowest BCUT2D eigenvalue weighted by Gasteiger charge is -2.19. The molecule has 4 heteroatoms. The minimum Gasteiger partial charge on any atom is -0.353 e. The summed E-state index contributed by atoms with van der Waals surface area (Å²) >= 11 is 5.73. The van der Waals surface area contributed by atoms with Crippen LogP contribution in [-0.4, -0.2) is 11.9 Å². The Hall–Kier alpha value is -1.09. The van der Waals surface area contributed by atoms with Crippen LogP contribution in [0.1, 0.15) is 38.7 Å². The molecule has 0 aliphatic heterocycles. The zero-order valence-corrected chi connectivity index (χ0v) is 11.4. The van der Waals surface area contributed by atoms with Gasteiger partial charge in [-0.2, -0.15) is 0 Å². The van der Waals surface area contributed by atoms with Crippen molar-refractivity contribution in [3.05, 3.63) is 34.6 Å². The average Bonchev–Trinajstić information content (AvgIpc) is 3.10. The van der Waals surface area contributed by atoms with Gasteiger partial charge in [0.2, 0.25) is 5.91 Å². The number of amides is 1. The lowest BCUT2D eigenvalue weighted by molar-refractivity contribution is -0.124. The van der Waals surface area contributed by atoms with Crippen molar-refractivity contribution >= 4 is 17.5 Å². The highest BCUT2D eigenvalue weighted by atomic mass is 35.5. The third-order valence-corrected chi connectivity index (χ3v) is 3.86. The lowest BCUT2D eigenvalue weighted by Crippen LogP contribution is -2.40. The standard InChI is InChI=1S/C14H17ClFNO/c1-3-9(2)17-13(18)14(6-7-14)11-5-4-10(15)8-12(11)16/h4-5,8-9H,3,6-7H2,1-2H3,(H,17,18). The molecule has 98 valence electrons. The van der Waals surface area contributed by atoms with Crippen LogP contribution in [0.15, 0.2) is 18.2 Å². The van der Waals surface area contributed by atoms with E-state index in [1.54, 1.807) is 12.1 Å². The summed E-state index contributed by atoms with van der Waals surface area (Å²) in [7, 11) is 0. The van der Waals surface area contributed by atoms with E-state index in [4.69, 9.17) is 11.6 Å². The molecular formula is C14H17ClFNO. The maximum Gasteiger partial charge on any atom is 0.230 e. The fourth-order valence-electron chi connectivity index (χ4n) is 2.09. The van der Waals surface area contributed by atoms with Crippen LogP contribution >= 0.6 is 11.6 Å². The SMILES string of the molecule is CCC(C)NC(=O)C1(c2ccc(Cl)cc2F)CC1. The van der Waals surface area contributed by atoms with Crippen molar-refractivity contribution in [3.63, 3.8) is 0 Å². The second-order valence-electron chi connectivity index (χ2n) is 4.99. The third-order valence-electron chi connectivity index (χ3n) is 3.62. The Bertz CT molecular complexity index is 471. The van der Waals surface area contributed by atoms with E-state index < -0.39 is 5.41 Å². The van der Waals surface area contributed by atoms with Gasteiger partial charge in [0.05, 0.1) is 5.41 Å². The fraction of sp³-hybridized carbons (Fsp3) is 0.500. The van der Waals surface area contributed by atoms with Gasteiger partial charge in [-0.25, -0.2) is 4.39 Å². The Balaban J connectivity index is 2.23. The molecule has 2 nitrogen and oxygen atoms in total. The minimum atomic E-state index is -0.669. The van der Waals surface area contributed by atoms with Gasteiger partial charge in [0.1, 0.15) is 5.82 Å². The van der Waals surface area contributed by atoms with Crippen LogP contribution < -0.4 is 5.32 Å². The first-order valence-corrected chi connectivity index (χ1v) is 6.64. The molecule has 1 aliphatic rings. The molecule has 1 atom stereocenters. The predicted molar refractivity (Wildman–Crippen MR) is 70.2 cm³/mol. The van der Waals surface area contributed by atoms with Crippen LogP contribution in [-0.2, 0) is 10.2 Å². The Kier molecular flexibility index (Phi) is 3.62. The van der Waals surface area contributed by atoms with Crippen molar-refractivity contribution in [2.45, 2.75) is 44.6 Å². The zero-order chi connectivity index (χ0) is 13.3. The molecule has 0 radical (unpaired) electrons. The maximum absolute atomic E-state index is 13.9. The van der Waals surface area contributed by atoms with E-state index in [1.165, 1.54) is 6.07 Å². The summed E-state index contributed by atoms with van der Waals surface area (Å²) in [5, 5.41) is 3.29. The molecule has 1 amide bonds. The van der Waals surface area contributed by atoms with Crippen molar-refractivity contribution in [1.82, 2.24) is 5.32 Å². The number of carbonyl (C=O) groups excluding carboxylic acids is 1. The normalized spacial score (nSPS) is 18.2. The van der Waals surface area contributed by atoms with Crippen LogP contribution in [0.2, 0.25) is 5.02 Å². The van der Waals surface area contributed by atoms with Crippen LogP contribution in [0.3, 0.4) is 0 Å². The quantitative estimate of drug-likeness (QED) is 0.892. The van der Waals surface area contributed by atoms with Crippen LogP contribution in [0, 0.1) is 5.82 Å². The minimum absolute atomic E-state index is 0.0712. The number of carbonyl (C=O) groups is 1. The summed E-state index contributed by atoms with van der Waals surface area (Å²) < 4.78 is 13.9. The molecule has 0 saturated heterocycles. The molecule has 1 N–H and O–H groups in total. The van der Waals surface area contributed by atoms with E-state index in [0.29, 0.717) is 23.4 Å². The third kappa shape index (κ3) is 2.37. The van der Waals surface area contributed by atoms with Gasteiger partial charge in [-0.15, -0.1) is 0 Å². The van der Waals surface area contributed by atoms with Gasteiger partial charge in [-0.05, 0) is 38.3 Å². The Morgan fingerprint density at radius 3 is 2.72 bits per heavy atom. The number of rotatable bonds is 4. The van der Waals surface area contributed by atoms with Crippen molar-refractivity contribution in [2.75, 3.05) is 0 Å². The Morgan fingerprint density at radius 1 is 1.56 bits per heavy atom. The first-order valence-electron chi connectivity index (χ1n) is 6.26. The van der Waals surface area contributed by atoms with Crippen molar-refractivity contribution in [2.24, 2.45) is 0 Å². The summed E-state index contributed by atoms with van der Waals surface area (Å²) in [6.07, 6.45) is 2.27. The molecule has 1 saturated carbocycles. The highest BCUT2D eigenvalue weighted by molar-refractivity contribution is 6.30. The van der Waals surface area contributed by atoms with Gasteiger partial charge in [-0.3, -0.25) is 4.79 Å². The molecule has 0 aromatic heterocycles. The Morgan fingerprint density at radius 2 is 2.22 bits per heavy atom. The van der Waals surface area contributed by atoms with Crippen LogP contribution in [0.5, 0.6) is 0 Å². The molecule has 18 heavy (non-hydrogen) atoms. The summed E-state index contributed by atoms with van der Waals surface area (Å²) in [5.74, 6) is -0.461. The monoisotopic (exact) mass is 269 g/mol. The molecule has 1 aliphatic carbocycles. The van der Waals surface area contributed by atoms with Gasteiger partial charge in [-0.1, -0.05) is 24.6 Å².